The van der Waals surface area contributed by atoms with Gasteiger partial charge in [-0.1, -0.05) is 6.92 Å². The molecule has 0 saturated carbocycles. The number of esters is 1. The Labute approximate surface area is 110 Å². The van der Waals surface area contributed by atoms with Gasteiger partial charge in [-0.3, -0.25) is 0 Å². The number of hydrogen-bond donors (Lipinski definition) is 1. The SMILES string of the molecule is CCOC(=O)c1ccc(-n2c(CC)n[nH]c2=O)cc1. The first-order valence-electron chi connectivity index (χ1n) is 6.11. The molecule has 0 saturated heterocycles. The second-order valence-corrected chi connectivity index (χ2v) is 3.90. The van der Waals surface area contributed by atoms with E-state index in [1.165, 1.54) is 4.57 Å². The van der Waals surface area contributed by atoms with E-state index >= 15 is 0 Å². The minimum absolute atomic E-state index is 0.291. The van der Waals surface area contributed by atoms with Gasteiger partial charge in [-0.25, -0.2) is 19.3 Å². The van der Waals surface area contributed by atoms with E-state index in [-0.39, 0.29) is 11.7 Å². The monoisotopic (exact) mass is 261 g/mol. The van der Waals surface area contributed by atoms with Gasteiger partial charge in [0.25, 0.3) is 0 Å². The molecular formula is C13H15N3O3. The van der Waals surface area contributed by atoms with Crippen LogP contribution in [0.3, 0.4) is 0 Å². The molecule has 0 bridgehead atoms. The van der Waals surface area contributed by atoms with Crippen LogP contribution in [0.15, 0.2) is 29.1 Å². The predicted molar refractivity (Wildman–Crippen MR) is 69.5 cm³/mol. The number of ether oxygens (including phenoxy) is 1. The number of aryl methyl sites for hydroxylation is 1. The molecule has 100 valence electrons. The second kappa shape index (κ2) is 5.51. The Hall–Kier alpha value is -2.37. The van der Waals surface area contributed by atoms with Crippen molar-refractivity contribution in [2.24, 2.45) is 0 Å². The van der Waals surface area contributed by atoms with Crippen molar-refractivity contribution in [1.29, 1.82) is 0 Å². The van der Waals surface area contributed by atoms with Gasteiger partial charge in [-0.05, 0) is 31.2 Å². The van der Waals surface area contributed by atoms with Crippen molar-refractivity contribution >= 4 is 5.97 Å². The molecule has 0 fully saturated rings. The number of carbonyl (C=O) groups excluding carboxylic acids is 1. The van der Waals surface area contributed by atoms with Crippen LogP contribution in [0.2, 0.25) is 0 Å². The predicted octanol–water partition coefficient (Wildman–Crippen LogP) is 1.30. The van der Waals surface area contributed by atoms with Gasteiger partial charge in [-0.2, -0.15) is 5.10 Å². The van der Waals surface area contributed by atoms with Crippen molar-refractivity contribution in [2.75, 3.05) is 6.61 Å². The van der Waals surface area contributed by atoms with Crippen LogP contribution >= 0.6 is 0 Å². The van der Waals surface area contributed by atoms with Crippen LogP contribution in [0.5, 0.6) is 0 Å². The Balaban J connectivity index is 2.35. The molecule has 0 aliphatic heterocycles. The molecule has 0 aliphatic carbocycles. The lowest BCUT2D eigenvalue weighted by molar-refractivity contribution is 0.0526. The van der Waals surface area contributed by atoms with Crippen LogP contribution in [0.4, 0.5) is 0 Å². The maximum Gasteiger partial charge on any atom is 0.347 e. The van der Waals surface area contributed by atoms with Crippen molar-refractivity contribution in [3.05, 3.63) is 46.1 Å². The standard InChI is InChI=1S/C13H15N3O3/c1-3-11-14-15-13(18)16(11)10-7-5-9(6-8-10)12(17)19-4-2/h5-8H,3-4H2,1-2H3,(H,15,18). The summed E-state index contributed by atoms with van der Waals surface area (Å²) in [6.45, 7) is 4.01. The Morgan fingerprint density at radius 1 is 1.32 bits per heavy atom. The molecule has 0 spiro atoms. The van der Waals surface area contributed by atoms with E-state index in [1.54, 1.807) is 31.2 Å². The topological polar surface area (TPSA) is 77.0 Å². The number of aromatic nitrogens is 3. The highest BCUT2D eigenvalue weighted by Crippen LogP contribution is 2.10. The first-order chi connectivity index (χ1) is 9.17. The summed E-state index contributed by atoms with van der Waals surface area (Å²) in [7, 11) is 0. The minimum Gasteiger partial charge on any atom is -0.462 e. The molecule has 1 aromatic carbocycles. The Bertz CT molecular complexity index is 625. The fraction of sp³-hybridized carbons (Fsp3) is 0.308. The number of rotatable bonds is 4. The Kier molecular flexibility index (Phi) is 3.79. The molecule has 0 radical (unpaired) electrons. The zero-order valence-corrected chi connectivity index (χ0v) is 10.8. The summed E-state index contributed by atoms with van der Waals surface area (Å²) in [5.74, 6) is 0.276. The summed E-state index contributed by atoms with van der Waals surface area (Å²) in [5.41, 5.74) is 0.838. The van der Waals surface area contributed by atoms with Crippen LogP contribution in [0, 0.1) is 0 Å². The molecule has 1 heterocycles. The zero-order chi connectivity index (χ0) is 13.8. The Morgan fingerprint density at radius 3 is 2.58 bits per heavy atom. The smallest absolute Gasteiger partial charge is 0.347 e. The normalized spacial score (nSPS) is 10.4. The number of nitrogens with one attached hydrogen (secondary N) is 1. The first kappa shape index (κ1) is 13.1. The number of benzene rings is 1. The zero-order valence-electron chi connectivity index (χ0n) is 10.8. The molecule has 2 aromatic rings. The van der Waals surface area contributed by atoms with Gasteiger partial charge in [0, 0.05) is 6.42 Å². The van der Waals surface area contributed by atoms with Gasteiger partial charge in [-0.15, -0.1) is 0 Å². The fourth-order valence-electron chi connectivity index (χ4n) is 1.79. The van der Waals surface area contributed by atoms with Gasteiger partial charge in [0.2, 0.25) is 0 Å². The third-order valence-corrected chi connectivity index (χ3v) is 2.69. The van der Waals surface area contributed by atoms with Crippen molar-refractivity contribution in [1.82, 2.24) is 14.8 Å². The lowest BCUT2D eigenvalue weighted by atomic mass is 10.2. The molecule has 0 aliphatic rings. The highest BCUT2D eigenvalue weighted by atomic mass is 16.5. The largest absolute Gasteiger partial charge is 0.462 e. The van der Waals surface area contributed by atoms with Gasteiger partial charge < -0.3 is 4.74 Å². The average molecular weight is 261 g/mol. The molecule has 1 aromatic heterocycles. The van der Waals surface area contributed by atoms with Gasteiger partial charge in [0.05, 0.1) is 17.9 Å². The van der Waals surface area contributed by atoms with Crippen molar-refractivity contribution in [3.8, 4) is 5.69 Å². The highest BCUT2D eigenvalue weighted by Gasteiger charge is 2.10. The van der Waals surface area contributed by atoms with Crippen LogP contribution in [0.25, 0.3) is 5.69 Å². The summed E-state index contributed by atoms with van der Waals surface area (Å²) >= 11 is 0. The van der Waals surface area contributed by atoms with E-state index < -0.39 is 0 Å². The van der Waals surface area contributed by atoms with Crippen LogP contribution in [-0.2, 0) is 11.2 Å². The van der Waals surface area contributed by atoms with Gasteiger partial charge in [0.1, 0.15) is 5.82 Å². The summed E-state index contributed by atoms with van der Waals surface area (Å²) < 4.78 is 6.38. The molecule has 2 rings (SSSR count). The van der Waals surface area contributed by atoms with E-state index in [2.05, 4.69) is 10.2 Å². The highest BCUT2D eigenvalue weighted by molar-refractivity contribution is 5.89. The number of H-pyrrole nitrogens is 1. The van der Waals surface area contributed by atoms with Crippen molar-refractivity contribution in [3.63, 3.8) is 0 Å². The van der Waals surface area contributed by atoms with E-state index in [1.807, 2.05) is 6.92 Å². The van der Waals surface area contributed by atoms with Crippen molar-refractivity contribution < 1.29 is 9.53 Å². The molecule has 0 atom stereocenters. The first-order valence-corrected chi connectivity index (χ1v) is 6.11. The van der Waals surface area contributed by atoms with E-state index in [4.69, 9.17) is 4.74 Å². The number of carbonyl (C=O) groups is 1. The van der Waals surface area contributed by atoms with E-state index in [0.717, 1.165) is 0 Å². The minimum atomic E-state index is -0.371. The summed E-state index contributed by atoms with van der Waals surface area (Å²) in [5, 5.41) is 6.34. The van der Waals surface area contributed by atoms with Gasteiger partial charge >= 0.3 is 11.7 Å². The lowest BCUT2D eigenvalue weighted by Crippen LogP contribution is -2.17. The molecule has 19 heavy (non-hydrogen) atoms. The van der Waals surface area contributed by atoms with Crippen LogP contribution in [0.1, 0.15) is 30.0 Å². The molecule has 1 N–H and O–H groups in total. The quantitative estimate of drug-likeness (QED) is 0.841. The summed E-state index contributed by atoms with van der Waals surface area (Å²) in [4.78, 5) is 23.2. The fourth-order valence-corrected chi connectivity index (χ4v) is 1.79. The van der Waals surface area contributed by atoms with E-state index in [0.29, 0.717) is 30.1 Å². The molecule has 6 heteroatoms. The molecule has 0 amide bonds. The lowest BCUT2D eigenvalue weighted by Gasteiger charge is -2.05. The number of hydrogen-bond acceptors (Lipinski definition) is 4. The van der Waals surface area contributed by atoms with Crippen LogP contribution < -0.4 is 5.69 Å². The maximum atomic E-state index is 11.7. The molecule has 6 nitrogen and oxygen atoms in total. The number of aromatic amines is 1. The third-order valence-electron chi connectivity index (χ3n) is 2.69. The summed E-state index contributed by atoms with van der Waals surface area (Å²) in [6, 6.07) is 6.66. The van der Waals surface area contributed by atoms with Crippen molar-refractivity contribution in [2.45, 2.75) is 20.3 Å². The molecule has 0 unspecified atom stereocenters. The summed E-state index contributed by atoms with van der Waals surface area (Å²) in [6.07, 6.45) is 0.637. The Morgan fingerprint density at radius 2 is 2.00 bits per heavy atom. The van der Waals surface area contributed by atoms with E-state index in [9.17, 15) is 9.59 Å². The van der Waals surface area contributed by atoms with Crippen LogP contribution in [-0.4, -0.2) is 27.3 Å². The number of nitrogens with zero attached hydrogens (tertiary/aromatic N) is 2. The maximum absolute atomic E-state index is 11.7. The second-order valence-electron chi connectivity index (χ2n) is 3.90. The third kappa shape index (κ3) is 2.57. The average Bonchev–Trinajstić information content (AvgIpc) is 2.80. The van der Waals surface area contributed by atoms with Gasteiger partial charge in [0.15, 0.2) is 0 Å². The molecular weight excluding hydrogens is 246 g/mol.